The van der Waals surface area contributed by atoms with Gasteiger partial charge in [0.05, 0.1) is 11.6 Å². The number of oxazole rings is 1. The maximum Gasteiger partial charge on any atom is 0.251 e. The van der Waals surface area contributed by atoms with Crippen molar-refractivity contribution in [3.63, 3.8) is 0 Å². The molecule has 1 aliphatic carbocycles. The number of amides is 1. The highest BCUT2D eigenvalue weighted by molar-refractivity contribution is 5.94. The Bertz CT molecular complexity index is 1180. The minimum absolute atomic E-state index is 0.0881. The molecule has 6 heteroatoms. The van der Waals surface area contributed by atoms with Gasteiger partial charge < -0.3 is 14.5 Å². The average molecular weight is 444 g/mol. The lowest BCUT2D eigenvalue weighted by Gasteiger charge is -2.27. The average Bonchev–Trinajstić information content (AvgIpc) is 3.27. The number of aldehydes is 1. The fourth-order valence-corrected chi connectivity index (χ4v) is 4.59. The fourth-order valence-electron chi connectivity index (χ4n) is 4.59. The van der Waals surface area contributed by atoms with Crippen LogP contribution in [0.25, 0.3) is 22.6 Å². The molecule has 0 radical (unpaired) electrons. The van der Waals surface area contributed by atoms with Crippen molar-refractivity contribution in [2.24, 2.45) is 11.8 Å². The van der Waals surface area contributed by atoms with Gasteiger partial charge in [0.25, 0.3) is 5.91 Å². The summed E-state index contributed by atoms with van der Waals surface area (Å²) >= 11 is 0. The summed E-state index contributed by atoms with van der Waals surface area (Å²) in [6.07, 6.45) is 5.91. The van der Waals surface area contributed by atoms with Crippen molar-refractivity contribution in [1.29, 1.82) is 5.26 Å². The van der Waals surface area contributed by atoms with E-state index in [-0.39, 0.29) is 11.8 Å². The molecule has 1 heterocycles. The van der Waals surface area contributed by atoms with Crippen LogP contribution >= 0.6 is 0 Å². The third kappa shape index (κ3) is 5.14. The fraction of sp³-hybridized carbons (Fsp3) is 0.407. The van der Waals surface area contributed by atoms with E-state index in [9.17, 15) is 14.9 Å². The highest BCUT2D eigenvalue weighted by atomic mass is 16.3. The third-order valence-electron chi connectivity index (χ3n) is 6.61. The molecule has 170 valence electrons. The first-order chi connectivity index (χ1) is 16.0. The Morgan fingerprint density at radius 1 is 1.18 bits per heavy atom. The predicted octanol–water partition coefficient (Wildman–Crippen LogP) is 5.62. The molecule has 6 nitrogen and oxygen atoms in total. The van der Waals surface area contributed by atoms with Crippen molar-refractivity contribution in [3.8, 4) is 17.5 Å². The van der Waals surface area contributed by atoms with E-state index in [0.717, 1.165) is 43.1 Å². The molecule has 0 bridgehead atoms. The summed E-state index contributed by atoms with van der Waals surface area (Å²) < 4.78 is 6.06. The first-order valence-corrected chi connectivity index (χ1v) is 11.6. The number of aromatic nitrogens is 1. The van der Waals surface area contributed by atoms with Crippen molar-refractivity contribution in [1.82, 2.24) is 10.3 Å². The second-order valence-corrected chi connectivity index (χ2v) is 9.28. The number of rotatable bonds is 7. The molecule has 0 aliphatic heterocycles. The minimum Gasteiger partial charge on any atom is -0.436 e. The smallest absolute Gasteiger partial charge is 0.251 e. The van der Waals surface area contributed by atoms with E-state index in [4.69, 9.17) is 4.42 Å². The van der Waals surface area contributed by atoms with Crippen molar-refractivity contribution < 1.29 is 14.0 Å². The lowest BCUT2D eigenvalue weighted by molar-refractivity contribution is -0.108. The summed E-state index contributed by atoms with van der Waals surface area (Å²) in [5.41, 5.74) is 4.26. The number of nitrogens with zero attached hydrogens (tertiary/aromatic N) is 2. The van der Waals surface area contributed by atoms with Gasteiger partial charge in [-0.1, -0.05) is 13.8 Å². The number of hydrogen-bond acceptors (Lipinski definition) is 5. The van der Waals surface area contributed by atoms with E-state index in [0.29, 0.717) is 52.9 Å². The number of carbonyl (C=O) groups excluding carboxylic acids is 2. The molecule has 0 atom stereocenters. The number of nitrogens with one attached hydrogen (secondary N) is 1. The molecule has 1 amide bonds. The molecule has 0 saturated heterocycles. The number of fused-ring (bicyclic) bond motifs is 1. The maximum absolute atomic E-state index is 12.6. The molecule has 0 unspecified atom stereocenters. The topological polar surface area (TPSA) is 96.0 Å². The van der Waals surface area contributed by atoms with Crippen LogP contribution in [-0.2, 0) is 4.79 Å². The number of nitriles is 1. The highest BCUT2D eigenvalue weighted by Gasteiger charge is 2.21. The van der Waals surface area contributed by atoms with Crippen molar-refractivity contribution >= 4 is 23.3 Å². The van der Waals surface area contributed by atoms with Crippen LogP contribution < -0.4 is 5.32 Å². The first kappa shape index (κ1) is 22.7. The SMILES string of the molecule is CC(C)c1cc(C#N)cc2nc(-c3ccc(C(=O)NCC4CCC(CC=O)CC4)cc3)oc12. The van der Waals surface area contributed by atoms with Crippen LogP contribution in [0.5, 0.6) is 0 Å². The molecule has 33 heavy (non-hydrogen) atoms. The van der Waals surface area contributed by atoms with Crippen LogP contribution in [0.4, 0.5) is 0 Å². The van der Waals surface area contributed by atoms with Crippen LogP contribution in [0.1, 0.15) is 73.4 Å². The second kappa shape index (κ2) is 9.99. The van der Waals surface area contributed by atoms with Gasteiger partial charge in [-0.05, 0) is 79.8 Å². The summed E-state index contributed by atoms with van der Waals surface area (Å²) in [4.78, 5) is 27.9. The predicted molar refractivity (Wildman–Crippen MR) is 127 cm³/mol. The zero-order chi connectivity index (χ0) is 23.4. The normalized spacial score (nSPS) is 18.2. The van der Waals surface area contributed by atoms with Gasteiger partial charge in [0.2, 0.25) is 5.89 Å². The van der Waals surface area contributed by atoms with Crippen LogP contribution in [0.3, 0.4) is 0 Å². The Kier molecular flexibility index (Phi) is 6.88. The second-order valence-electron chi connectivity index (χ2n) is 9.28. The van der Waals surface area contributed by atoms with Gasteiger partial charge >= 0.3 is 0 Å². The lowest BCUT2D eigenvalue weighted by atomic mass is 9.81. The van der Waals surface area contributed by atoms with E-state index >= 15 is 0 Å². The van der Waals surface area contributed by atoms with Gasteiger partial charge in [-0.3, -0.25) is 4.79 Å². The number of hydrogen-bond donors (Lipinski definition) is 1. The molecule has 1 fully saturated rings. The molecule has 2 aromatic carbocycles. The van der Waals surface area contributed by atoms with Gasteiger partial charge in [-0.25, -0.2) is 4.98 Å². The minimum atomic E-state index is -0.0881. The van der Waals surface area contributed by atoms with Gasteiger partial charge in [-0.15, -0.1) is 0 Å². The zero-order valence-corrected chi connectivity index (χ0v) is 19.1. The van der Waals surface area contributed by atoms with E-state index in [2.05, 4.69) is 30.2 Å². The number of benzene rings is 2. The van der Waals surface area contributed by atoms with Gasteiger partial charge in [0.15, 0.2) is 5.58 Å². The molecule has 4 rings (SSSR count). The quantitative estimate of drug-likeness (QED) is 0.479. The van der Waals surface area contributed by atoms with Gasteiger partial charge in [-0.2, -0.15) is 5.26 Å². The maximum atomic E-state index is 12.6. The molecular weight excluding hydrogens is 414 g/mol. The van der Waals surface area contributed by atoms with Crippen LogP contribution in [-0.4, -0.2) is 23.7 Å². The van der Waals surface area contributed by atoms with Gasteiger partial charge in [0.1, 0.15) is 11.8 Å². The summed E-state index contributed by atoms with van der Waals surface area (Å²) in [6, 6.07) is 13.0. The summed E-state index contributed by atoms with van der Waals surface area (Å²) in [6.45, 7) is 4.78. The van der Waals surface area contributed by atoms with Crippen LogP contribution in [0.15, 0.2) is 40.8 Å². The molecule has 0 spiro atoms. The molecule has 3 aromatic rings. The Labute approximate surface area is 194 Å². The summed E-state index contributed by atoms with van der Waals surface area (Å²) in [7, 11) is 0. The summed E-state index contributed by atoms with van der Waals surface area (Å²) in [5, 5.41) is 12.4. The molecule has 1 aliphatic rings. The Morgan fingerprint density at radius 3 is 2.52 bits per heavy atom. The largest absolute Gasteiger partial charge is 0.436 e. The first-order valence-electron chi connectivity index (χ1n) is 11.6. The van der Waals surface area contributed by atoms with Crippen molar-refractivity contribution in [2.75, 3.05) is 6.54 Å². The van der Waals surface area contributed by atoms with Crippen molar-refractivity contribution in [2.45, 2.75) is 51.9 Å². The van der Waals surface area contributed by atoms with Crippen LogP contribution in [0.2, 0.25) is 0 Å². The monoisotopic (exact) mass is 443 g/mol. The Balaban J connectivity index is 1.42. The van der Waals surface area contributed by atoms with E-state index < -0.39 is 0 Å². The third-order valence-corrected chi connectivity index (χ3v) is 6.61. The highest BCUT2D eigenvalue weighted by Crippen LogP contribution is 2.32. The molecule has 1 N–H and O–H groups in total. The van der Waals surface area contributed by atoms with Crippen LogP contribution in [0, 0.1) is 23.2 Å². The van der Waals surface area contributed by atoms with E-state index in [1.54, 1.807) is 18.2 Å². The van der Waals surface area contributed by atoms with E-state index in [1.807, 2.05) is 18.2 Å². The zero-order valence-electron chi connectivity index (χ0n) is 19.1. The standard InChI is InChI=1S/C27H29N3O3/c1-17(2)23-13-20(15-28)14-24-25(23)33-27(30-24)22-9-7-21(8-10-22)26(32)29-16-19-5-3-18(4-6-19)11-12-31/h7-10,12-14,17-19H,3-6,11,16H2,1-2H3,(H,29,32). The molecule has 1 saturated carbocycles. The molecular formula is C27H29N3O3. The Hall–Kier alpha value is -3.46. The number of carbonyl (C=O) groups is 2. The van der Waals surface area contributed by atoms with Crippen molar-refractivity contribution in [3.05, 3.63) is 53.1 Å². The lowest BCUT2D eigenvalue weighted by Crippen LogP contribution is -2.31. The van der Waals surface area contributed by atoms with E-state index in [1.165, 1.54) is 0 Å². The Morgan fingerprint density at radius 2 is 1.88 bits per heavy atom. The molecule has 1 aromatic heterocycles. The summed E-state index contributed by atoms with van der Waals surface area (Å²) in [5.74, 6) is 1.57. The van der Waals surface area contributed by atoms with Gasteiger partial charge in [0, 0.05) is 29.7 Å².